The molecule has 5 nitrogen and oxygen atoms in total. The van der Waals surface area contributed by atoms with Crippen LogP contribution in [0.2, 0.25) is 0 Å². The quantitative estimate of drug-likeness (QED) is 0.652. The Morgan fingerprint density at radius 3 is 2.50 bits per heavy atom. The molecule has 126 valence electrons. The second-order valence-electron chi connectivity index (χ2n) is 5.02. The summed E-state index contributed by atoms with van der Waals surface area (Å²) in [4.78, 5) is 1.72. The molecule has 0 unspecified atom stereocenters. The van der Waals surface area contributed by atoms with Gasteiger partial charge in [0.05, 0.1) is 22.2 Å². The number of benzene rings is 2. The number of hydrogen-bond donors (Lipinski definition) is 0. The van der Waals surface area contributed by atoms with Crippen molar-refractivity contribution in [3.8, 4) is 5.75 Å². The maximum atomic E-state index is 12.5. The van der Waals surface area contributed by atoms with Crippen LogP contribution in [0.3, 0.4) is 0 Å². The Bertz CT molecular complexity index is 1050. The van der Waals surface area contributed by atoms with Crippen molar-refractivity contribution in [2.75, 3.05) is 13.4 Å². The van der Waals surface area contributed by atoms with E-state index in [1.807, 2.05) is 31.5 Å². The lowest BCUT2D eigenvalue weighted by Crippen LogP contribution is -2.13. The smallest absolute Gasteiger partial charge is 0.285 e. The minimum Gasteiger partial charge on any atom is -0.497 e. The fourth-order valence-corrected chi connectivity index (χ4v) is 5.03. The minimum absolute atomic E-state index is 0.144. The zero-order valence-corrected chi connectivity index (χ0v) is 15.8. The molecule has 0 spiro atoms. The average molecular weight is 381 g/mol. The Hall–Kier alpha value is -1.77. The summed E-state index contributed by atoms with van der Waals surface area (Å²) in [7, 11) is -0.415. The molecule has 8 heteroatoms. The van der Waals surface area contributed by atoms with Crippen molar-refractivity contribution < 1.29 is 13.2 Å². The number of methoxy groups -OCH3 is 1. The van der Waals surface area contributed by atoms with Crippen molar-refractivity contribution >= 4 is 43.3 Å². The fraction of sp³-hybridized carbons (Fsp3) is 0.188. The van der Waals surface area contributed by atoms with Gasteiger partial charge in [-0.25, -0.2) is 0 Å². The first-order chi connectivity index (χ1) is 11.4. The lowest BCUT2D eigenvalue weighted by atomic mass is 10.3. The number of aromatic nitrogens is 1. The number of hydrogen-bond acceptors (Lipinski definition) is 5. The van der Waals surface area contributed by atoms with Gasteiger partial charge in [-0.05, 0) is 48.7 Å². The normalized spacial score (nSPS) is 12.7. The average Bonchev–Trinajstić information content (AvgIpc) is 2.89. The lowest BCUT2D eigenvalue weighted by molar-refractivity contribution is 0.414. The van der Waals surface area contributed by atoms with E-state index < -0.39 is 10.0 Å². The second-order valence-corrected chi connectivity index (χ2v) is 8.51. The predicted octanol–water partition coefficient (Wildman–Crippen LogP) is 3.26. The Morgan fingerprint density at radius 2 is 1.88 bits per heavy atom. The van der Waals surface area contributed by atoms with Crippen LogP contribution in [0.15, 0.2) is 56.7 Å². The third-order valence-electron chi connectivity index (χ3n) is 3.57. The standard InChI is InChI=1S/C16H16N2O3S3/c1-18-14-9-6-12(22-3)10-15(14)23-16(18)17-24(19,20)13-7-4-11(21-2)5-8-13/h4-10H,1-3H3. The highest BCUT2D eigenvalue weighted by molar-refractivity contribution is 7.98. The molecule has 0 bridgehead atoms. The number of aryl methyl sites for hydroxylation is 1. The molecular weight excluding hydrogens is 364 g/mol. The van der Waals surface area contributed by atoms with Crippen molar-refractivity contribution in [3.05, 3.63) is 47.3 Å². The summed E-state index contributed by atoms with van der Waals surface area (Å²) in [6.45, 7) is 0. The van der Waals surface area contributed by atoms with E-state index in [-0.39, 0.29) is 4.90 Å². The number of thioether (sulfide) groups is 1. The lowest BCUT2D eigenvalue weighted by Gasteiger charge is -2.01. The molecule has 1 heterocycles. The summed E-state index contributed by atoms with van der Waals surface area (Å²) >= 11 is 3.01. The monoisotopic (exact) mass is 380 g/mol. The van der Waals surface area contributed by atoms with E-state index in [2.05, 4.69) is 4.40 Å². The van der Waals surface area contributed by atoms with Gasteiger partial charge in [-0.1, -0.05) is 11.3 Å². The maximum absolute atomic E-state index is 12.5. The minimum atomic E-state index is -3.77. The van der Waals surface area contributed by atoms with Crippen LogP contribution in [-0.2, 0) is 17.1 Å². The molecule has 0 fully saturated rings. The zero-order valence-electron chi connectivity index (χ0n) is 13.4. The van der Waals surface area contributed by atoms with Gasteiger partial charge in [-0.3, -0.25) is 0 Å². The predicted molar refractivity (Wildman–Crippen MR) is 98.3 cm³/mol. The molecule has 2 aromatic carbocycles. The van der Waals surface area contributed by atoms with Gasteiger partial charge in [0.2, 0.25) is 4.80 Å². The molecule has 24 heavy (non-hydrogen) atoms. The topological polar surface area (TPSA) is 60.7 Å². The van der Waals surface area contributed by atoms with Crippen molar-refractivity contribution in [1.29, 1.82) is 0 Å². The molecule has 0 saturated heterocycles. The number of thiazole rings is 1. The van der Waals surface area contributed by atoms with E-state index in [0.717, 1.165) is 15.1 Å². The van der Waals surface area contributed by atoms with Gasteiger partial charge in [-0.15, -0.1) is 16.2 Å². The molecular formula is C16H16N2O3S3. The van der Waals surface area contributed by atoms with E-state index in [1.54, 1.807) is 28.5 Å². The van der Waals surface area contributed by atoms with Crippen molar-refractivity contribution in [2.45, 2.75) is 9.79 Å². The van der Waals surface area contributed by atoms with Crippen LogP contribution in [0.4, 0.5) is 0 Å². The van der Waals surface area contributed by atoms with E-state index in [0.29, 0.717) is 10.6 Å². The molecule has 1 aromatic heterocycles. The molecule has 3 aromatic rings. The van der Waals surface area contributed by atoms with Crippen LogP contribution in [0.5, 0.6) is 5.75 Å². The number of fused-ring (bicyclic) bond motifs is 1. The molecule has 0 saturated carbocycles. The van der Waals surface area contributed by atoms with Gasteiger partial charge in [0.1, 0.15) is 5.75 Å². The summed E-state index contributed by atoms with van der Waals surface area (Å²) < 4.78 is 36.9. The second kappa shape index (κ2) is 6.62. The Morgan fingerprint density at radius 1 is 1.17 bits per heavy atom. The van der Waals surface area contributed by atoms with Gasteiger partial charge in [0.25, 0.3) is 10.0 Å². The van der Waals surface area contributed by atoms with Gasteiger partial charge in [-0.2, -0.15) is 8.42 Å². The summed E-state index contributed by atoms with van der Waals surface area (Å²) in [6.07, 6.45) is 2.01. The first-order valence-corrected chi connectivity index (χ1v) is 10.5. The van der Waals surface area contributed by atoms with Crippen LogP contribution in [0, 0.1) is 0 Å². The van der Waals surface area contributed by atoms with Crippen molar-refractivity contribution in [2.24, 2.45) is 11.4 Å². The van der Waals surface area contributed by atoms with Crippen molar-refractivity contribution in [3.63, 3.8) is 0 Å². The summed E-state index contributed by atoms with van der Waals surface area (Å²) in [5.74, 6) is 0.603. The highest BCUT2D eigenvalue weighted by Gasteiger charge is 2.14. The Labute approximate surface area is 148 Å². The third-order valence-corrected chi connectivity index (χ3v) is 6.79. The number of sulfonamides is 1. The van der Waals surface area contributed by atoms with Gasteiger partial charge < -0.3 is 9.30 Å². The largest absolute Gasteiger partial charge is 0.497 e. The van der Waals surface area contributed by atoms with Crippen LogP contribution < -0.4 is 9.54 Å². The van der Waals surface area contributed by atoms with Crippen LogP contribution in [0.25, 0.3) is 10.2 Å². The summed E-state index contributed by atoms with van der Waals surface area (Å²) in [5, 5.41) is 0. The van der Waals surface area contributed by atoms with Gasteiger partial charge in [0, 0.05) is 11.9 Å². The number of rotatable bonds is 4. The molecule has 0 atom stereocenters. The van der Waals surface area contributed by atoms with Gasteiger partial charge >= 0.3 is 0 Å². The molecule has 0 aliphatic heterocycles. The number of nitrogens with zero attached hydrogens (tertiary/aromatic N) is 2. The zero-order chi connectivity index (χ0) is 17.3. The first kappa shape index (κ1) is 17.1. The van der Waals surface area contributed by atoms with E-state index >= 15 is 0 Å². The Balaban J connectivity index is 2.12. The summed E-state index contributed by atoms with van der Waals surface area (Å²) in [5.41, 5.74) is 0.960. The van der Waals surface area contributed by atoms with E-state index in [4.69, 9.17) is 4.74 Å². The van der Waals surface area contributed by atoms with Crippen LogP contribution >= 0.6 is 23.1 Å². The fourth-order valence-electron chi connectivity index (χ4n) is 2.23. The summed E-state index contributed by atoms with van der Waals surface area (Å²) in [6, 6.07) is 12.3. The molecule has 3 rings (SSSR count). The molecule has 0 radical (unpaired) electrons. The molecule has 0 aliphatic rings. The third kappa shape index (κ3) is 3.22. The van der Waals surface area contributed by atoms with E-state index in [1.165, 1.54) is 30.6 Å². The molecule has 0 amide bonds. The van der Waals surface area contributed by atoms with Crippen molar-refractivity contribution in [1.82, 2.24) is 4.57 Å². The highest BCUT2D eigenvalue weighted by atomic mass is 32.2. The Kier molecular flexibility index (Phi) is 4.71. The van der Waals surface area contributed by atoms with Gasteiger partial charge in [0.15, 0.2) is 0 Å². The number of ether oxygens (including phenoxy) is 1. The molecule has 0 aliphatic carbocycles. The molecule has 0 N–H and O–H groups in total. The van der Waals surface area contributed by atoms with E-state index in [9.17, 15) is 8.42 Å². The highest BCUT2D eigenvalue weighted by Crippen LogP contribution is 2.24. The van der Waals surface area contributed by atoms with Crippen LogP contribution in [0.1, 0.15) is 0 Å². The first-order valence-electron chi connectivity index (χ1n) is 7.03. The van der Waals surface area contributed by atoms with Crippen LogP contribution in [-0.4, -0.2) is 26.4 Å². The SMILES string of the molecule is COc1ccc(S(=O)(=O)N=c2sc3cc(SC)ccc3n2C)cc1. The maximum Gasteiger partial charge on any atom is 0.285 e.